The first kappa shape index (κ1) is 38.3. The van der Waals surface area contributed by atoms with Crippen molar-refractivity contribution in [1.82, 2.24) is 35.8 Å². The van der Waals surface area contributed by atoms with Crippen LogP contribution < -0.4 is 20.7 Å². The zero-order valence-electron chi connectivity index (χ0n) is 31.1. The number of para-hydroxylation sites is 1. The Bertz CT molecular complexity index is 2020. The lowest BCUT2D eigenvalue weighted by atomic mass is 10.0. The van der Waals surface area contributed by atoms with Crippen molar-refractivity contribution in [2.24, 2.45) is 5.92 Å². The van der Waals surface area contributed by atoms with Crippen molar-refractivity contribution in [2.45, 2.75) is 89.4 Å². The molecule has 54 heavy (non-hydrogen) atoms. The maximum atomic E-state index is 14.4. The van der Waals surface area contributed by atoms with Gasteiger partial charge in [-0.3, -0.25) is 19.4 Å². The first-order valence-corrected chi connectivity index (χ1v) is 18.9. The van der Waals surface area contributed by atoms with Crippen LogP contribution in [0.1, 0.15) is 75.0 Å². The van der Waals surface area contributed by atoms with Gasteiger partial charge in [0.1, 0.15) is 29.4 Å². The molecule has 13 nitrogen and oxygen atoms in total. The van der Waals surface area contributed by atoms with E-state index >= 15 is 0 Å². The number of pyridine rings is 1. The highest BCUT2D eigenvalue weighted by Gasteiger charge is 2.61. The van der Waals surface area contributed by atoms with Gasteiger partial charge >= 0.3 is 5.97 Å². The number of benzene rings is 2. The van der Waals surface area contributed by atoms with Gasteiger partial charge in [-0.05, 0) is 63.2 Å². The van der Waals surface area contributed by atoms with Crippen LogP contribution in [-0.2, 0) is 14.4 Å². The number of allylic oxidation sites excluding steroid dienone is 1. The maximum Gasteiger partial charge on any atom is 0.330 e. The summed E-state index contributed by atoms with van der Waals surface area (Å²) in [7, 11) is 0. The zero-order valence-corrected chi connectivity index (χ0v) is 31.1. The summed E-state index contributed by atoms with van der Waals surface area (Å²) in [6.07, 6.45) is 9.83. The standard InChI is InChI=1S/C37H38N6O6.C4H11N/c1-22-19-39-30(20-38-22)32(44)40-29-16-6-4-2-3-5-11-23-18-37(23,36(47)48)42-33(45)31-17-24(21-43(31)35(29)46)49-34-27-14-8-7-12-25(27)26-13-9-10-15-28(26)41-34;1-3-5-4-2/h5,7-15,19-20,23-24,29,31H,2-4,6,16-18,21H2,1H3,(H,40,44)(H,42,45)(H,47,48);5H,3-4H2,1-2H3/b11-5-;/t23-,24-,29+,31+,37-;/m1./s1. The number of aromatic nitrogens is 3. The zero-order chi connectivity index (χ0) is 38.2. The van der Waals surface area contributed by atoms with Crippen LogP contribution in [0.15, 0.2) is 73.1 Å². The highest BCUT2D eigenvalue weighted by atomic mass is 16.5. The minimum atomic E-state index is -1.44. The van der Waals surface area contributed by atoms with Crippen LogP contribution in [0.3, 0.4) is 0 Å². The highest BCUT2D eigenvalue weighted by Crippen LogP contribution is 2.45. The summed E-state index contributed by atoms with van der Waals surface area (Å²) in [4.78, 5) is 68.8. The minimum Gasteiger partial charge on any atom is -0.479 e. The van der Waals surface area contributed by atoms with E-state index in [4.69, 9.17) is 9.72 Å². The number of rotatable bonds is 7. The van der Waals surface area contributed by atoms with Gasteiger partial charge < -0.3 is 30.7 Å². The second-order valence-electron chi connectivity index (χ2n) is 14.1. The predicted molar refractivity (Wildman–Crippen MR) is 205 cm³/mol. The van der Waals surface area contributed by atoms with Crippen LogP contribution in [0.25, 0.3) is 21.7 Å². The molecule has 2 aromatic heterocycles. The summed E-state index contributed by atoms with van der Waals surface area (Å²) in [5.74, 6) is -2.63. The van der Waals surface area contributed by atoms with Crippen LogP contribution in [0.4, 0.5) is 0 Å². The number of hydrogen-bond donors (Lipinski definition) is 4. The fourth-order valence-corrected chi connectivity index (χ4v) is 7.26. The van der Waals surface area contributed by atoms with E-state index in [1.165, 1.54) is 17.3 Å². The van der Waals surface area contributed by atoms with Crippen LogP contribution in [0.5, 0.6) is 5.88 Å². The fraction of sp³-hybridized carbons (Fsp3) is 0.439. The normalized spacial score (nSPS) is 24.8. The molecule has 2 aromatic carbocycles. The largest absolute Gasteiger partial charge is 0.479 e. The van der Waals surface area contributed by atoms with Gasteiger partial charge in [-0.25, -0.2) is 14.8 Å². The van der Waals surface area contributed by atoms with E-state index in [2.05, 4.69) is 39.8 Å². The van der Waals surface area contributed by atoms with Crippen molar-refractivity contribution in [2.75, 3.05) is 19.6 Å². The summed E-state index contributed by atoms with van der Waals surface area (Å²) < 4.78 is 6.52. The topological polar surface area (TPSA) is 176 Å². The predicted octanol–water partition coefficient (Wildman–Crippen LogP) is 4.73. The minimum absolute atomic E-state index is 0.0415. The number of ether oxygens (including phenoxy) is 1. The quantitative estimate of drug-likeness (QED) is 0.153. The molecule has 4 aromatic rings. The Labute approximate surface area is 315 Å². The Morgan fingerprint density at radius 1 is 0.981 bits per heavy atom. The Hall–Kier alpha value is -5.43. The van der Waals surface area contributed by atoms with Gasteiger partial charge in [0, 0.05) is 29.3 Å². The second-order valence-corrected chi connectivity index (χ2v) is 14.1. The fourth-order valence-electron chi connectivity index (χ4n) is 7.26. The highest BCUT2D eigenvalue weighted by molar-refractivity contribution is 6.07. The van der Waals surface area contributed by atoms with E-state index in [9.17, 15) is 24.3 Å². The molecule has 1 saturated carbocycles. The third kappa shape index (κ3) is 8.52. The van der Waals surface area contributed by atoms with Gasteiger partial charge in [0.25, 0.3) is 5.91 Å². The Kier molecular flexibility index (Phi) is 12.2. The summed E-state index contributed by atoms with van der Waals surface area (Å²) >= 11 is 0. The van der Waals surface area contributed by atoms with Crippen molar-refractivity contribution in [3.63, 3.8) is 0 Å². The van der Waals surface area contributed by atoms with E-state index in [0.29, 0.717) is 24.4 Å². The smallest absolute Gasteiger partial charge is 0.330 e. The molecule has 284 valence electrons. The van der Waals surface area contributed by atoms with Crippen LogP contribution >= 0.6 is 0 Å². The van der Waals surface area contributed by atoms with Crippen molar-refractivity contribution in [1.29, 1.82) is 0 Å². The number of aliphatic carboxylic acids is 1. The summed E-state index contributed by atoms with van der Waals surface area (Å²) in [5, 5.41) is 21.7. The second kappa shape index (κ2) is 17.1. The number of carbonyl (C=O) groups excluding carboxylic acids is 3. The summed E-state index contributed by atoms with van der Waals surface area (Å²) in [5.41, 5.74) is 0.0399. The molecule has 5 atom stereocenters. The lowest BCUT2D eigenvalue weighted by Gasteiger charge is -2.29. The third-order valence-corrected chi connectivity index (χ3v) is 10.3. The Morgan fingerprint density at radius 2 is 1.72 bits per heavy atom. The number of carboxylic acids is 1. The molecular weight excluding hydrogens is 686 g/mol. The van der Waals surface area contributed by atoms with E-state index in [1.54, 1.807) is 6.92 Å². The van der Waals surface area contributed by atoms with Gasteiger partial charge in [-0.15, -0.1) is 0 Å². The lowest BCUT2D eigenvalue weighted by molar-refractivity contribution is -0.145. The molecule has 3 amide bonds. The van der Waals surface area contributed by atoms with E-state index in [-0.39, 0.29) is 31.0 Å². The summed E-state index contributed by atoms with van der Waals surface area (Å²) in [6, 6.07) is 13.5. The van der Waals surface area contributed by atoms with Crippen LogP contribution in [0.2, 0.25) is 0 Å². The number of amides is 3. The molecule has 0 spiro atoms. The molecule has 0 unspecified atom stereocenters. The van der Waals surface area contributed by atoms with Crippen molar-refractivity contribution in [3.8, 4) is 5.88 Å². The van der Waals surface area contributed by atoms with Crippen molar-refractivity contribution >= 4 is 45.4 Å². The number of fused-ring (bicyclic) bond motifs is 5. The van der Waals surface area contributed by atoms with Crippen LogP contribution in [0, 0.1) is 12.8 Å². The van der Waals surface area contributed by atoms with E-state index in [0.717, 1.165) is 54.0 Å². The SMILES string of the molecule is CCNCC.Cc1cnc(C(=O)N[C@H]2CCCCC/C=C\[C@@H]3C[C@@]3(C(=O)O)NC(=O)[C@@H]3C[C@@H](Oc4nc5ccccc5c5ccccc45)CN3C2=O)cn1. The van der Waals surface area contributed by atoms with E-state index in [1.807, 2.05) is 60.7 Å². The molecule has 7 rings (SSSR count). The first-order valence-electron chi connectivity index (χ1n) is 18.9. The van der Waals surface area contributed by atoms with Crippen molar-refractivity contribution < 1.29 is 29.0 Å². The lowest BCUT2D eigenvalue weighted by Crippen LogP contribution is -2.56. The molecule has 1 saturated heterocycles. The molecule has 4 N–H and O–H groups in total. The van der Waals surface area contributed by atoms with Crippen LogP contribution in [-0.4, -0.2) is 92.0 Å². The Balaban J connectivity index is 0.000000934. The molecule has 3 aliphatic rings. The van der Waals surface area contributed by atoms with Crippen molar-refractivity contribution in [3.05, 3.63) is 84.5 Å². The molecule has 0 radical (unpaired) electrons. The summed E-state index contributed by atoms with van der Waals surface area (Å²) in [6.45, 7) is 8.19. The van der Waals surface area contributed by atoms with Gasteiger partial charge in [0.05, 0.1) is 24.0 Å². The average Bonchev–Trinajstić information content (AvgIpc) is 3.71. The van der Waals surface area contributed by atoms with E-state index < -0.39 is 47.4 Å². The molecule has 2 fully saturated rings. The number of nitrogens with zero attached hydrogens (tertiary/aromatic N) is 4. The van der Waals surface area contributed by atoms with Gasteiger partial charge in [-0.1, -0.05) is 75.2 Å². The molecule has 2 aliphatic heterocycles. The number of hydrogen-bond acceptors (Lipinski definition) is 9. The molecular formula is C41H49N7O6. The molecule has 4 heterocycles. The molecule has 1 aliphatic carbocycles. The number of aryl methyl sites for hydroxylation is 1. The molecule has 0 bridgehead atoms. The average molecular weight is 736 g/mol. The number of carbonyl (C=O) groups is 4. The molecule has 13 heteroatoms. The monoisotopic (exact) mass is 735 g/mol. The third-order valence-electron chi connectivity index (χ3n) is 10.3. The van der Waals surface area contributed by atoms with Gasteiger partial charge in [0.2, 0.25) is 17.7 Å². The number of nitrogens with one attached hydrogen (secondary N) is 3. The maximum absolute atomic E-state index is 14.4. The first-order chi connectivity index (χ1) is 26.1. The number of carboxylic acid groups (broad SMARTS) is 1. The Morgan fingerprint density at radius 3 is 2.43 bits per heavy atom. The van der Waals surface area contributed by atoms with Gasteiger partial charge in [-0.2, -0.15) is 0 Å². The van der Waals surface area contributed by atoms with Gasteiger partial charge in [0.15, 0.2) is 0 Å².